The fourth-order valence-electron chi connectivity index (χ4n) is 6.11. The summed E-state index contributed by atoms with van der Waals surface area (Å²) in [6.45, 7) is 5.85. The van der Waals surface area contributed by atoms with E-state index in [4.69, 9.17) is 4.74 Å². The summed E-state index contributed by atoms with van der Waals surface area (Å²) in [4.78, 5) is 23.9. The molecule has 0 heterocycles. The third kappa shape index (κ3) is 5.32. The molecule has 0 amide bonds. The van der Waals surface area contributed by atoms with E-state index in [1.807, 2.05) is 0 Å². The summed E-state index contributed by atoms with van der Waals surface area (Å²) in [5.74, 6) is 1.16. The van der Waals surface area contributed by atoms with Crippen molar-refractivity contribution in [2.24, 2.45) is 23.2 Å². The zero-order chi connectivity index (χ0) is 22.8. The van der Waals surface area contributed by atoms with Crippen LogP contribution in [0, 0.1) is 23.2 Å². The summed E-state index contributed by atoms with van der Waals surface area (Å²) in [6.07, 6.45) is 2.28. The number of halogens is 3. The zero-order valence-corrected chi connectivity index (χ0v) is 18.6. The van der Waals surface area contributed by atoms with Crippen LogP contribution >= 0.6 is 0 Å². The molecule has 1 aromatic rings. The van der Waals surface area contributed by atoms with Crippen LogP contribution in [0.4, 0.5) is 13.2 Å². The zero-order valence-electron chi connectivity index (χ0n) is 18.6. The maximum atomic E-state index is 12.8. The summed E-state index contributed by atoms with van der Waals surface area (Å²) in [6, 6.07) is 4.87. The topological polar surface area (TPSA) is 43.4 Å². The largest absolute Gasteiger partial charge is 0.458 e. The molecule has 0 aliphatic heterocycles. The van der Waals surface area contributed by atoms with E-state index in [-0.39, 0.29) is 11.3 Å². The number of hydrogen-bond donors (Lipinski definition) is 0. The van der Waals surface area contributed by atoms with Crippen molar-refractivity contribution in [3.63, 3.8) is 0 Å². The lowest BCUT2D eigenvalue weighted by molar-refractivity contribution is -0.147. The fraction of sp³-hybridized carbons (Fsp3) is 0.680. The lowest BCUT2D eigenvalue weighted by Crippen LogP contribution is -2.39. The van der Waals surface area contributed by atoms with Crippen molar-refractivity contribution >= 4 is 11.8 Å². The number of carbonyl (C=O) groups is 2. The average Bonchev–Trinajstić information content (AvgIpc) is 3.04. The summed E-state index contributed by atoms with van der Waals surface area (Å²) in [7, 11) is 0. The Bertz CT molecular complexity index is 786. The second-order valence-corrected chi connectivity index (χ2v) is 9.69. The van der Waals surface area contributed by atoms with Crippen LogP contribution in [0.15, 0.2) is 24.3 Å². The second-order valence-electron chi connectivity index (χ2n) is 9.69. The van der Waals surface area contributed by atoms with Crippen LogP contribution in [0.3, 0.4) is 0 Å². The Kier molecular flexibility index (Phi) is 7.17. The van der Waals surface area contributed by atoms with Gasteiger partial charge >= 0.3 is 12.1 Å². The van der Waals surface area contributed by atoms with E-state index >= 15 is 0 Å². The summed E-state index contributed by atoms with van der Waals surface area (Å²) in [5, 5.41) is 0. The van der Waals surface area contributed by atoms with Gasteiger partial charge < -0.3 is 4.74 Å². The van der Waals surface area contributed by atoms with E-state index in [0.717, 1.165) is 57.1 Å². The number of hydrogen-bond acceptors (Lipinski definition) is 3. The predicted molar refractivity (Wildman–Crippen MR) is 112 cm³/mol. The van der Waals surface area contributed by atoms with Gasteiger partial charge in [0.2, 0.25) is 0 Å². The lowest BCUT2D eigenvalue weighted by Gasteiger charge is -2.42. The number of ether oxygens (including phenoxy) is 1. The standard InChI is InChI=1S/C25H33F3O3/c1-16(20-13-14-21-22(30)7-5-15-24(20,21)3)6-4-8-23(31-17(2)29)18-9-11-19(12-10-18)25(26,27)28/h9-12,16,20-21,23H,4-8,13-15H2,1-3H3. The molecular formula is C25H33F3O3. The fourth-order valence-corrected chi connectivity index (χ4v) is 6.11. The first-order valence-electron chi connectivity index (χ1n) is 11.4. The Morgan fingerprint density at radius 1 is 1.19 bits per heavy atom. The SMILES string of the molecule is CC(=O)OC(CCCC(C)C1CCC2C(=O)CCCC21C)c1ccc(C(F)(F)F)cc1. The molecular weight excluding hydrogens is 405 g/mol. The second kappa shape index (κ2) is 9.33. The maximum Gasteiger partial charge on any atom is 0.416 e. The molecule has 5 unspecified atom stereocenters. The molecule has 2 aliphatic carbocycles. The summed E-state index contributed by atoms with van der Waals surface area (Å²) >= 11 is 0. The van der Waals surface area contributed by atoms with Gasteiger partial charge in [0.15, 0.2) is 0 Å². The molecule has 2 aliphatic rings. The Labute approximate surface area is 182 Å². The average molecular weight is 439 g/mol. The van der Waals surface area contributed by atoms with Crippen molar-refractivity contribution in [1.29, 1.82) is 0 Å². The minimum Gasteiger partial charge on any atom is -0.458 e. The highest BCUT2D eigenvalue weighted by molar-refractivity contribution is 5.83. The number of esters is 1. The Morgan fingerprint density at radius 2 is 1.87 bits per heavy atom. The molecule has 0 N–H and O–H groups in total. The first kappa shape index (κ1) is 23.8. The van der Waals surface area contributed by atoms with Crippen LogP contribution in [0.5, 0.6) is 0 Å². The molecule has 172 valence electrons. The number of carbonyl (C=O) groups excluding carboxylic acids is 2. The Morgan fingerprint density at radius 3 is 2.48 bits per heavy atom. The van der Waals surface area contributed by atoms with E-state index in [2.05, 4.69) is 13.8 Å². The highest BCUT2D eigenvalue weighted by atomic mass is 19.4. The van der Waals surface area contributed by atoms with Crippen LogP contribution in [-0.4, -0.2) is 11.8 Å². The van der Waals surface area contributed by atoms with Crippen molar-refractivity contribution in [1.82, 2.24) is 0 Å². The van der Waals surface area contributed by atoms with Crippen molar-refractivity contribution in [3.05, 3.63) is 35.4 Å². The highest BCUT2D eigenvalue weighted by Crippen LogP contribution is 2.57. The van der Waals surface area contributed by atoms with Gasteiger partial charge in [-0.1, -0.05) is 32.4 Å². The van der Waals surface area contributed by atoms with Gasteiger partial charge in [0, 0.05) is 19.3 Å². The summed E-state index contributed by atoms with van der Waals surface area (Å²) < 4.78 is 43.9. The Hall–Kier alpha value is -1.85. The molecule has 0 aromatic heterocycles. The lowest BCUT2D eigenvalue weighted by atomic mass is 9.62. The molecule has 31 heavy (non-hydrogen) atoms. The van der Waals surface area contributed by atoms with Crippen LogP contribution in [0.25, 0.3) is 0 Å². The van der Waals surface area contributed by atoms with E-state index < -0.39 is 23.8 Å². The van der Waals surface area contributed by atoms with Crippen LogP contribution < -0.4 is 0 Å². The molecule has 0 saturated heterocycles. The van der Waals surface area contributed by atoms with Gasteiger partial charge in [0.25, 0.3) is 0 Å². The third-order valence-electron chi connectivity index (χ3n) is 7.67. The van der Waals surface area contributed by atoms with Crippen molar-refractivity contribution in [2.75, 3.05) is 0 Å². The van der Waals surface area contributed by atoms with Crippen LogP contribution in [0.2, 0.25) is 0 Å². The number of ketones is 1. The minimum atomic E-state index is -4.39. The first-order valence-corrected chi connectivity index (χ1v) is 11.4. The number of Topliss-reactive ketones (excluding diaryl/α,β-unsaturated/α-hetero) is 1. The van der Waals surface area contributed by atoms with Gasteiger partial charge in [0.1, 0.15) is 11.9 Å². The number of fused-ring (bicyclic) bond motifs is 1. The van der Waals surface area contributed by atoms with Gasteiger partial charge in [-0.25, -0.2) is 0 Å². The molecule has 0 bridgehead atoms. The number of benzene rings is 1. The van der Waals surface area contributed by atoms with Gasteiger partial charge in [-0.05, 0) is 73.5 Å². The normalized spacial score (nSPS) is 28.1. The van der Waals surface area contributed by atoms with E-state index in [9.17, 15) is 22.8 Å². The van der Waals surface area contributed by atoms with E-state index in [1.54, 1.807) is 0 Å². The monoisotopic (exact) mass is 438 g/mol. The Balaban J connectivity index is 1.61. The molecule has 3 rings (SSSR count). The third-order valence-corrected chi connectivity index (χ3v) is 7.67. The molecule has 2 saturated carbocycles. The first-order chi connectivity index (χ1) is 14.5. The minimum absolute atomic E-state index is 0.0947. The van der Waals surface area contributed by atoms with Gasteiger partial charge in [-0.15, -0.1) is 0 Å². The van der Waals surface area contributed by atoms with E-state index in [1.165, 1.54) is 19.1 Å². The van der Waals surface area contributed by atoms with Gasteiger partial charge in [0.05, 0.1) is 5.56 Å². The molecule has 5 atom stereocenters. The molecule has 2 fully saturated rings. The van der Waals surface area contributed by atoms with Gasteiger partial charge in [-0.2, -0.15) is 13.2 Å². The number of alkyl halides is 3. The maximum absolute atomic E-state index is 12.8. The quantitative estimate of drug-likeness (QED) is 0.435. The highest BCUT2D eigenvalue weighted by Gasteiger charge is 2.52. The summed E-state index contributed by atoms with van der Waals surface area (Å²) in [5.41, 5.74) is -0.0311. The molecule has 0 radical (unpaired) electrons. The molecule has 3 nitrogen and oxygen atoms in total. The van der Waals surface area contributed by atoms with Crippen molar-refractivity contribution in [3.8, 4) is 0 Å². The van der Waals surface area contributed by atoms with Crippen molar-refractivity contribution in [2.45, 2.75) is 84.4 Å². The van der Waals surface area contributed by atoms with Crippen molar-refractivity contribution < 1.29 is 27.5 Å². The number of rotatable bonds is 7. The smallest absolute Gasteiger partial charge is 0.416 e. The molecule has 0 spiro atoms. The molecule has 1 aromatic carbocycles. The van der Waals surface area contributed by atoms with Crippen LogP contribution in [0.1, 0.15) is 89.4 Å². The predicted octanol–water partition coefficient (Wildman–Crippen LogP) is 6.90. The van der Waals surface area contributed by atoms with Crippen LogP contribution in [-0.2, 0) is 20.5 Å². The molecule has 6 heteroatoms. The van der Waals surface area contributed by atoms with E-state index in [0.29, 0.717) is 29.6 Å². The van der Waals surface area contributed by atoms with Gasteiger partial charge in [-0.3, -0.25) is 9.59 Å².